The molecule has 0 aliphatic carbocycles. The summed E-state index contributed by atoms with van der Waals surface area (Å²) in [7, 11) is 1.62. The van der Waals surface area contributed by atoms with E-state index in [1.54, 1.807) is 13.3 Å². The van der Waals surface area contributed by atoms with Crippen LogP contribution in [0.3, 0.4) is 0 Å². The number of fused-ring (bicyclic) bond motifs is 1. The lowest BCUT2D eigenvalue weighted by molar-refractivity contribution is 0.171. The van der Waals surface area contributed by atoms with Crippen molar-refractivity contribution in [3.63, 3.8) is 0 Å². The molecule has 1 aliphatic rings. The lowest BCUT2D eigenvalue weighted by Crippen LogP contribution is -2.13. The van der Waals surface area contributed by atoms with Gasteiger partial charge in [-0.3, -0.25) is 5.10 Å². The van der Waals surface area contributed by atoms with Crippen LogP contribution in [-0.4, -0.2) is 24.1 Å². The molecule has 2 N–H and O–H groups in total. The summed E-state index contributed by atoms with van der Waals surface area (Å²) in [6.07, 6.45) is 1.74. The number of rotatable bonds is 5. The van der Waals surface area contributed by atoms with Crippen molar-refractivity contribution in [3.8, 4) is 17.2 Å². The molecule has 1 aromatic carbocycles. The highest BCUT2D eigenvalue weighted by molar-refractivity contribution is 5.55. The van der Waals surface area contributed by atoms with Crippen LogP contribution >= 0.6 is 0 Å². The van der Waals surface area contributed by atoms with Crippen molar-refractivity contribution >= 4 is 0 Å². The SMILES string of the molecule is COc1cc(CNCc2ccn[nH]2)cc2c1OCO2. The fourth-order valence-corrected chi connectivity index (χ4v) is 2.01. The summed E-state index contributed by atoms with van der Waals surface area (Å²) in [4.78, 5) is 0. The van der Waals surface area contributed by atoms with Gasteiger partial charge in [-0.15, -0.1) is 0 Å². The van der Waals surface area contributed by atoms with Gasteiger partial charge < -0.3 is 19.5 Å². The molecule has 1 aliphatic heterocycles. The summed E-state index contributed by atoms with van der Waals surface area (Å²) in [5, 5.41) is 10.1. The van der Waals surface area contributed by atoms with Crippen LogP contribution in [0.4, 0.5) is 0 Å². The first-order valence-corrected chi connectivity index (χ1v) is 6.02. The monoisotopic (exact) mass is 261 g/mol. The summed E-state index contributed by atoms with van der Waals surface area (Å²) in [6, 6.07) is 5.85. The Morgan fingerprint density at radius 2 is 2.32 bits per heavy atom. The molecule has 2 heterocycles. The molecule has 0 bridgehead atoms. The van der Waals surface area contributed by atoms with Crippen LogP contribution < -0.4 is 19.5 Å². The van der Waals surface area contributed by atoms with Crippen molar-refractivity contribution in [1.82, 2.24) is 15.5 Å². The molecule has 0 atom stereocenters. The first kappa shape index (κ1) is 11.9. The van der Waals surface area contributed by atoms with E-state index in [9.17, 15) is 0 Å². The fourth-order valence-electron chi connectivity index (χ4n) is 2.01. The second-order valence-corrected chi connectivity index (χ2v) is 4.22. The Labute approximate surface area is 110 Å². The minimum atomic E-state index is 0.247. The van der Waals surface area contributed by atoms with Gasteiger partial charge in [0.1, 0.15) is 0 Å². The molecule has 0 radical (unpaired) electrons. The zero-order valence-corrected chi connectivity index (χ0v) is 10.6. The predicted octanol–water partition coefficient (Wildman–Crippen LogP) is 1.44. The Kier molecular flexibility index (Phi) is 3.24. The second-order valence-electron chi connectivity index (χ2n) is 4.22. The minimum absolute atomic E-state index is 0.247. The second kappa shape index (κ2) is 5.19. The molecule has 6 heteroatoms. The van der Waals surface area contributed by atoms with Crippen LogP contribution in [0.25, 0.3) is 0 Å². The molecule has 19 heavy (non-hydrogen) atoms. The largest absolute Gasteiger partial charge is 0.493 e. The van der Waals surface area contributed by atoms with Crippen LogP contribution in [0, 0.1) is 0 Å². The summed E-state index contributed by atoms with van der Waals surface area (Å²) in [6.45, 7) is 1.69. The molecular formula is C13H15N3O3. The smallest absolute Gasteiger partial charge is 0.231 e. The Balaban J connectivity index is 1.68. The fraction of sp³-hybridized carbons (Fsp3) is 0.308. The zero-order valence-electron chi connectivity index (χ0n) is 10.6. The van der Waals surface area contributed by atoms with E-state index < -0.39 is 0 Å². The van der Waals surface area contributed by atoms with E-state index in [2.05, 4.69) is 15.5 Å². The Morgan fingerprint density at radius 3 is 3.11 bits per heavy atom. The van der Waals surface area contributed by atoms with E-state index in [-0.39, 0.29) is 6.79 Å². The molecule has 0 unspecified atom stereocenters. The van der Waals surface area contributed by atoms with Gasteiger partial charge in [0.2, 0.25) is 12.5 Å². The van der Waals surface area contributed by atoms with Gasteiger partial charge in [-0.25, -0.2) is 0 Å². The third-order valence-corrected chi connectivity index (χ3v) is 2.92. The van der Waals surface area contributed by atoms with E-state index in [0.29, 0.717) is 18.0 Å². The Morgan fingerprint density at radius 1 is 1.37 bits per heavy atom. The molecule has 100 valence electrons. The highest BCUT2D eigenvalue weighted by atomic mass is 16.7. The van der Waals surface area contributed by atoms with Crippen LogP contribution in [-0.2, 0) is 13.1 Å². The van der Waals surface area contributed by atoms with Gasteiger partial charge in [-0.1, -0.05) is 0 Å². The molecule has 2 aromatic rings. The number of benzene rings is 1. The molecule has 1 aromatic heterocycles. The molecular weight excluding hydrogens is 246 g/mol. The molecule has 0 saturated heterocycles. The van der Waals surface area contributed by atoms with Gasteiger partial charge >= 0.3 is 0 Å². The quantitative estimate of drug-likeness (QED) is 0.852. The maximum atomic E-state index is 5.39. The summed E-state index contributed by atoms with van der Waals surface area (Å²) in [5.74, 6) is 2.12. The number of nitrogens with zero attached hydrogens (tertiary/aromatic N) is 1. The first-order chi connectivity index (χ1) is 9.36. The molecule has 6 nitrogen and oxygen atoms in total. The molecule has 0 amide bonds. The van der Waals surface area contributed by atoms with Gasteiger partial charge in [-0.05, 0) is 23.8 Å². The van der Waals surface area contributed by atoms with Crippen molar-refractivity contribution in [3.05, 3.63) is 35.7 Å². The van der Waals surface area contributed by atoms with E-state index in [1.165, 1.54) is 0 Å². The van der Waals surface area contributed by atoms with E-state index >= 15 is 0 Å². The third-order valence-electron chi connectivity index (χ3n) is 2.92. The van der Waals surface area contributed by atoms with Gasteiger partial charge in [-0.2, -0.15) is 5.10 Å². The summed E-state index contributed by atoms with van der Waals surface area (Å²) < 4.78 is 16.0. The average molecular weight is 261 g/mol. The number of aromatic nitrogens is 2. The van der Waals surface area contributed by atoms with Crippen LogP contribution in [0.2, 0.25) is 0 Å². The third kappa shape index (κ3) is 2.48. The van der Waals surface area contributed by atoms with Crippen molar-refractivity contribution in [2.24, 2.45) is 0 Å². The summed E-state index contributed by atoms with van der Waals surface area (Å²) >= 11 is 0. The topological polar surface area (TPSA) is 68.4 Å². The number of hydrogen-bond acceptors (Lipinski definition) is 5. The van der Waals surface area contributed by atoms with Crippen molar-refractivity contribution < 1.29 is 14.2 Å². The standard InChI is InChI=1S/C13H15N3O3/c1-17-11-4-9(5-12-13(11)19-8-18-12)6-14-7-10-2-3-15-16-10/h2-5,14H,6-8H2,1H3,(H,15,16). The first-order valence-electron chi connectivity index (χ1n) is 6.02. The van der Waals surface area contributed by atoms with E-state index in [1.807, 2.05) is 18.2 Å². The molecule has 0 saturated carbocycles. The van der Waals surface area contributed by atoms with Crippen molar-refractivity contribution in [1.29, 1.82) is 0 Å². The van der Waals surface area contributed by atoms with Crippen molar-refractivity contribution in [2.45, 2.75) is 13.1 Å². The van der Waals surface area contributed by atoms with Crippen LogP contribution in [0.1, 0.15) is 11.3 Å². The Bertz CT molecular complexity index is 555. The van der Waals surface area contributed by atoms with Gasteiger partial charge in [0.05, 0.1) is 7.11 Å². The minimum Gasteiger partial charge on any atom is -0.493 e. The van der Waals surface area contributed by atoms with E-state index in [0.717, 1.165) is 23.6 Å². The number of nitrogens with one attached hydrogen (secondary N) is 2. The van der Waals surface area contributed by atoms with Crippen LogP contribution in [0.5, 0.6) is 17.2 Å². The lowest BCUT2D eigenvalue weighted by Gasteiger charge is -2.08. The number of ether oxygens (including phenoxy) is 3. The van der Waals surface area contributed by atoms with Crippen molar-refractivity contribution in [2.75, 3.05) is 13.9 Å². The number of H-pyrrole nitrogens is 1. The maximum absolute atomic E-state index is 5.39. The van der Waals surface area contributed by atoms with E-state index in [4.69, 9.17) is 14.2 Å². The van der Waals surface area contributed by atoms with Crippen LogP contribution in [0.15, 0.2) is 24.4 Å². The number of methoxy groups -OCH3 is 1. The average Bonchev–Trinajstić information content (AvgIpc) is 3.08. The maximum Gasteiger partial charge on any atom is 0.231 e. The molecule has 0 spiro atoms. The highest BCUT2D eigenvalue weighted by Crippen LogP contribution is 2.41. The predicted molar refractivity (Wildman–Crippen MR) is 68.2 cm³/mol. The van der Waals surface area contributed by atoms with Gasteiger partial charge in [0, 0.05) is 25.0 Å². The highest BCUT2D eigenvalue weighted by Gasteiger charge is 2.19. The summed E-state index contributed by atoms with van der Waals surface area (Å²) in [5.41, 5.74) is 2.13. The number of hydrogen-bond donors (Lipinski definition) is 2. The zero-order chi connectivity index (χ0) is 13.1. The normalized spacial score (nSPS) is 12.7. The van der Waals surface area contributed by atoms with Gasteiger partial charge in [0.25, 0.3) is 0 Å². The lowest BCUT2D eigenvalue weighted by atomic mass is 10.2. The van der Waals surface area contributed by atoms with Gasteiger partial charge in [0.15, 0.2) is 11.5 Å². The molecule has 3 rings (SSSR count). The molecule has 0 fully saturated rings. The Hall–Kier alpha value is -2.21. The number of aromatic amines is 1.